The molecule has 0 saturated carbocycles. The summed E-state index contributed by atoms with van der Waals surface area (Å²) in [6, 6.07) is 6.95. The van der Waals surface area contributed by atoms with Crippen LogP contribution in [0.1, 0.15) is 11.4 Å². The third-order valence-electron chi connectivity index (χ3n) is 4.75. The van der Waals surface area contributed by atoms with E-state index in [0.29, 0.717) is 28.2 Å². The Morgan fingerprint density at radius 3 is 2.44 bits per heavy atom. The lowest BCUT2D eigenvalue weighted by atomic mass is 10.1. The van der Waals surface area contributed by atoms with E-state index in [2.05, 4.69) is 15.6 Å². The molecule has 0 aliphatic carbocycles. The summed E-state index contributed by atoms with van der Waals surface area (Å²) in [5.41, 5.74) is -1.24. The Kier molecular flexibility index (Phi) is 6.56. The predicted molar refractivity (Wildman–Crippen MR) is 112 cm³/mol. The number of amides is 2. The maximum Gasteiger partial charge on any atom is 0.418 e. The predicted octanol–water partition coefficient (Wildman–Crippen LogP) is 3.56. The molecule has 0 saturated heterocycles. The summed E-state index contributed by atoms with van der Waals surface area (Å²) in [7, 11) is 2.92. The third kappa shape index (κ3) is 4.76. The molecule has 0 atom stereocenters. The van der Waals surface area contributed by atoms with Crippen molar-refractivity contribution in [2.45, 2.75) is 19.6 Å². The van der Waals surface area contributed by atoms with Crippen LogP contribution in [0.3, 0.4) is 0 Å². The molecule has 0 fully saturated rings. The van der Waals surface area contributed by atoms with E-state index in [1.54, 1.807) is 13.0 Å². The summed E-state index contributed by atoms with van der Waals surface area (Å²) in [5.74, 6) is 1.20. The first-order chi connectivity index (χ1) is 15.2. The van der Waals surface area contributed by atoms with Gasteiger partial charge in [0, 0.05) is 19.2 Å². The highest BCUT2D eigenvalue weighted by Gasteiger charge is 2.33. The van der Waals surface area contributed by atoms with E-state index in [9.17, 15) is 22.8 Å². The fourth-order valence-corrected chi connectivity index (χ4v) is 3.21. The number of aromatic nitrogens is 2. The second kappa shape index (κ2) is 9.16. The van der Waals surface area contributed by atoms with Gasteiger partial charge in [0.2, 0.25) is 0 Å². The van der Waals surface area contributed by atoms with E-state index in [0.717, 1.165) is 12.1 Å². The van der Waals surface area contributed by atoms with Gasteiger partial charge < -0.3 is 20.1 Å². The van der Waals surface area contributed by atoms with Crippen molar-refractivity contribution in [3.63, 3.8) is 0 Å². The van der Waals surface area contributed by atoms with Gasteiger partial charge in [-0.25, -0.2) is 9.78 Å². The van der Waals surface area contributed by atoms with Crippen LogP contribution in [-0.2, 0) is 12.7 Å². The van der Waals surface area contributed by atoms with Gasteiger partial charge in [0.25, 0.3) is 5.56 Å². The van der Waals surface area contributed by atoms with Crippen LogP contribution in [0, 0.1) is 6.92 Å². The smallest absolute Gasteiger partial charge is 0.418 e. The lowest BCUT2D eigenvalue weighted by Gasteiger charge is -2.15. The van der Waals surface area contributed by atoms with Crippen LogP contribution in [0.2, 0.25) is 0 Å². The Bertz CT molecular complexity index is 1210. The van der Waals surface area contributed by atoms with Gasteiger partial charge in [-0.15, -0.1) is 0 Å². The number of fused-ring (bicyclic) bond motifs is 1. The number of alkyl halides is 3. The van der Waals surface area contributed by atoms with Gasteiger partial charge in [-0.3, -0.25) is 9.36 Å². The van der Waals surface area contributed by atoms with Crippen LogP contribution in [0.15, 0.2) is 41.2 Å². The topological polar surface area (TPSA) is 94.5 Å². The van der Waals surface area contributed by atoms with Gasteiger partial charge in [-0.1, -0.05) is 12.1 Å². The zero-order chi connectivity index (χ0) is 23.5. The average molecular weight is 450 g/mol. The number of ether oxygens (including phenoxy) is 2. The van der Waals surface area contributed by atoms with Crippen molar-refractivity contribution >= 4 is 22.6 Å². The monoisotopic (exact) mass is 450 g/mol. The number of hydrogen-bond donors (Lipinski definition) is 2. The number of anilines is 1. The molecule has 32 heavy (non-hydrogen) atoms. The molecule has 0 radical (unpaired) electrons. The molecule has 2 amide bonds. The van der Waals surface area contributed by atoms with Crippen molar-refractivity contribution in [3.05, 3.63) is 58.1 Å². The van der Waals surface area contributed by atoms with Gasteiger partial charge in [0.05, 0.1) is 36.4 Å². The molecule has 3 aromatic rings. The van der Waals surface area contributed by atoms with E-state index < -0.39 is 17.8 Å². The molecule has 1 heterocycles. The maximum atomic E-state index is 13.1. The molecule has 170 valence electrons. The van der Waals surface area contributed by atoms with E-state index in [-0.39, 0.29) is 24.3 Å². The minimum atomic E-state index is -4.60. The number of nitrogens with one attached hydrogen (secondary N) is 2. The highest BCUT2D eigenvalue weighted by atomic mass is 19.4. The standard InChI is InChI=1S/C21H21F3N4O4/c1-12-26-16-11-18(32-3)17(31-2)10-13(16)19(29)28(12)9-8-25-20(30)27-15-7-5-4-6-14(15)21(22,23)24/h4-7,10-11H,8-9H2,1-3H3,(H2,25,27,30). The number of benzene rings is 2. The van der Waals surface area contributed by atoms with Gasteiger partial charge >= 0.3 is 12.2 Å². The van der Waals surface area contributed by atoms with Crippen LogP contribution in [0.4, 0.5) is 23.7 Å². The van der Waals surface area contributed by atoms with E-state index in [1.807, 2.05) is 0 Å². The molecule has 0 unspecified atom stereocenters. The Hall–Kier alpha value is -3.76. The Balaban J connectivity index is 1.74. The number of nitrogens with zero attached hydrogens (tertiary/aromatic N) is 2. The molecule has 0 bridgehead atoms. The van der Waals surface area contributed by atoms with Crippen LogP contribution in [0.25, 0.3) is 10.9 Å². The fourth-order valence-electron chi connectivity index (χ4n) is 3.21. The van der Waals surface area contributed by atoms with Crippen LogP contribution in [0.5, 0.6) is 11.5 Å². The van der Waals surface area contributed by atoms with Crippen molar-refractivity contribution in [3.8, 4) is 11.5 Å². The Labute approximate surface area is 181 Å². The van der Waals surface area contributed by atoms with Crippen LogP contribution < -0.4 is 25.7 Å². The first-order valence-corrected chi connectivity index (χ1v) is 9.50. The number of urea groups is 1. The van der Waals surface area contributed by atoms with Crippen molar-refractivity contribution in [1.29, 1.82) is 0 Å². The number of hydrogen-bond acceptors (Lipinski definition) is 5. The molecule has 0 aliphatic rings. The SMILES string of the molecule is COc1cc2nc(C)n(CCNC(=O)Nc3ccccc3C(F)(F)F)c(=O)c2cc1OC. The van der Waals surface area contributed by atoms with Gasteiger partial charge in [0.1, 0.15) is 5.82 Å². The summed E-state index contributed by atoms with van der Waals surface area (Å²) >= 11 is 0. The number of halogens is 3. The minimum Gasteiger partial charge on any atom is -0.493 e. The van der Waals surface area contributed by atoms with Crippen LogP contribution in [-0.4, -0.2) is 36.3 Å². The highest BCUT2D eigenvalue weighted by Crippen LogP contribution is 2.34. The number of rotatable bonds is 6. The molecule has 2 N–H and O–H groups in total. The van der Waals surface area contributed by atoms with Gasteiger partial charge in [0.15, 0.2) is 11.5 Å². The molecular formula is C21H21F3N4O4. The second-order valence-electron chi connectivity index (χ2n) is 6.76. The Morgan fingerprint density at radius 1 is 1.12 bits per heavy atom. The normalized spacial score (nSPS) is 11.3. The largest absolute Gasteiger partial charge is 0.493 e. The highest BCUT2D eigenvalue weighted by molar-refractivity contribution is 5.90. The lowest BCUT2D eigenvalue weighted by Crippen LogP contribution is -2.35. The zero-order valence-electron chi connectivity index (χ0n) is 17.5. The quantitative estimate of drug-likeness (QED) is 0.599. The molecule has 11 heteroatoms. The zero-order valence-corrected chi connectivity index (χ0v) is 17.5. The maximum absolute atomic E-state index is 13.1. The van der Waals surface area contributed by atoms with Crippen molar-refractivity contribution in [1.82, 2.24) is 14.9 Å². The van der Waals surface area contributed by atoms with Gasteiger partial charge in [-0.2, -0.15) is 13.2 Å². The van der Waals surface area contributed by atoms with E-state index >= 15 is 0 Å². The molecule has 3 rings (SSSR count). The second-order valence-corrected chi connectivity index (χ2v) is 6.76. The summed E-state index contributed by atoms with van der Waals surface area (Å²) in [6.45, 7) is 1.69. The number of aryl methyl sites for hydroxylation is 1. The van der Waals surface area contributed by atoms with Crippen molar-refractivity contribution < 1.29 is 27.4 Å². The Morgan fingerprint density at radius 2 is 1.78 bits per heavy atom. The molecule has 8 nitrogen and oxygen atoms in total. The first kappa shape index (κ1) is 22.9. The lowest BCUT2D eigenvalue weighted by molar-refractivity contribution is -0.136. The molecule has 0 aliphatic heterocycles. The number of para-hydroxylation sites is 1. The first-order valence-electron chi connectivity index (χ1n) is 9.50. The third-order valence-corrected chi connectivity index (χ3v) is 4.75. The molecular weight excluding hydrogens is 429 g/mol. The van der Waals surface area contributed by atoms with E-state index in [1.165, 1.54) is 37.0 Å². The number of carbonyl (C=O) groups is 1. The fraction of sp³-hybridized carbons (Fsp3) is 0.286. The number of methoxy groups -OCH3 is 2. The summed E-state index contributed by atoms with van der Waals surface area (Å²) in [5, 5.41) is 4.94. The van der Waals surface area contributed by atoms with Crippen molar-refractivity contribution in [2.75, 3.05) is 26.1 Å². The number of carbonyl (C=O) groups excluding carboxylic acids is 1. The van der Waals surface area contributed by atoms with Crippen LogP contribution >= 0.6 is 0 Å². The molecule has 1 aromatic heterocycles. The summed E-state index contributed by atoms with van der Waals surface area (Å²) in [4.78, 5) is 29.4. The summed E-state index contributed by atoms with van der Waals surface area (Å²) in [6.07, 6.45) is -4.60. The summed E-state index contributed by atoms with van der Waals surface area (Å²) < 4.78 is 51.0. The average Bonchev–Trinajstić information content (AvgIpc) is 2.74. The van der Waals surface area contributed by atoms with Crippen molar-refractivity contribution in [2.24, 2.45) is 0 Å². The molecule has 2 aromatic carbocycles. The van der Waals surface area contributed by atoms with Gasteiger partial charge in [-0.05, 0) is 25.1 Å². The molecule has 0 spiro atoms. The minimum absolute atomic E-state index is 0.0127. The van der Waals surface area contributed by atoms with E-state index in [4.69, 9.17) is 9.47 Å².